The van der Waals surface area contributed by atoms with Crippen molar-refractivity contribution in [2.24, 2.45) is 0 Å². The molecule has 106 valence electrons. The van der Waals surface area contributed by atoms with Crippen LogP contribution in [-0.2, 0) is 24.3 Å². The number of carbonyl (C=O) groups is 1. The van der Waals surface area contributed by atoms with Crippen molar-refractivity contribution in [2.75, 3.05) is 26.8 Å². The van der Waals surface area contributed by atoms with Crippen LogP contribution in [0.5, 0.6) is 0 Å². The summed E-state index contributed by atoms with van der Waals surface area (Å²) in [5, 5.41) is 6.09. The predicted molar refractivity (Wildman–Crippen MR) is 63.7 cm³/mol. The maximum Gasteiger partial charge on any atom is 0.308 e. The summed E-state index contributed by atoms with van der Waals surface area (Å²) < 4.78 is 35.7. The zero-order chi connectivity index (χ0) is 13.9. The highest BCUT2D eigenvalue weighted by molar-refractivity contribution is 7.89. The molecule has 1 saturated heterocycles. The van der Waals surface area contributed by atoms with E-state index in [9.17, 15) is 13.2 Å². The van der Waals surface area contributed by atoms with Crippen LogP contribution in [0.4, 0.5) is 0 Å². The summed E-state index contributed by atoms with van der Waals surface area (Å²) in [5.41, 5.74) is 0. The largest absolute Gasteiger partial charge is 0.469 e. The predicted octanol–water partition coefficient (Wildman–Crippen LogP) is -0.638. The molecule has 0 radical (unpaired) electrons. The van der Waals surface area contributed by atoms with E-state index in [0.717, 1.165) is 0 Å². The van der Waals surface area contributed by atoms with Crippen LogP contribution in [0.3, 0.4) is 0 Å². The number of ether oxygens (including phenoxy) is 2. The lowest BCUT2D eigenvalue weighted by Crippen LogP contribution is -2.46. The van der Waals surface area contributed by atoms with Crippen molar-refractivity contribution < 1.29 is 22.7 Å². The van der Waals surface area contributed by atoms with Gasteiger partial charge in [0.05, 0.1) is 32.4 Å². The topological polar surface area (TPSA) is 102 Å². The third-order valence-electron chi connectivity index (χ3n) is 2.83. The van der Waals surface area contributed by atoms with Gasteiger partial charge < -0.3 is 9.47 Å². The fourth-order valence-corrected chi connectivity index (χ4v) is 3.20. The Morgan fingerprint density at radius 2 is 2.47 bits per heavy atom. The van der Waals surface area contributed by atoms with E-state index in [1.807, 2.05) is 0 Å². The van der Waals surface area contributed by atoms with E-state index in [0.29, 0.717) is 0 Å². The minimum absolute atomic E-state index is 0.0356. The molecule has 1 aromatic heterocycles. The molecule has 19 heavy (non-hydrogen) atoms. The molecular weight excluding hydrogens is 274 g/mol. The maximum atomic E-state index is 12.2. The van der Waals surface area contributed by atoms with Gasteiger partial charge in [-0.3, -0.25) is 9.89 Å². The van der Waals surface area contributed by atoms with Crippen LogP contribution in [0, 0.1) is 0 Å². The van der Waals surface area contributed by atoms with Crippen LogP contribution in [-0.4, -0.2) is 61.8 Å². The number of methoxy groups -OCH3 is 1. The molecule has 1 N–H and O–H groups in total. The van der Waals surface area contributed by atoms with E-state index in [1.165, 1.54) is 23.8 Å². The smallest absolute Gasteiger partial charge is 0.308 e. The van der Waals surface area contributed by atoms with Gasteiger partial charge in [-0.1, -0.05) is 0 Å². The summed E-state index contributed by atoms with van der Waals surface area (Å²) in [6, 6.07) is 0. The average Bonchev–Trinajstić information content (AvgIpc) is 2.93. The molecular formula is C10H15N3O5S. The Bertz CT molecular complexity index is 527. The lowest BCUT2D eigenvalue weighted by atomic mass is 10.2. The molecule has 0 saturated carbocycles. The van der Waals surface area contributed by atoms with Crippen molar-refractivity contribution in [1.82, 2.24) is 14.5 Å². The Hall–Kier alpha value is -1.45. The van der Waals surface area contributed by atoms with Gasteiger partial charge in [-0.25, -0.2) is 8.42 Å². The summed E-state index contributed by atoms with van der Waals surface area (Å²) in [7, 11) is -2.30. The molecule has 1 aliphatic rings. The molecule has 0 aliphatic carbocycles. The van der Waals surface area contributed by atoms with Crippen molar-refractivity contribution in [3.8, 4) is 0 Å². The third-order valence-corrected chi connectivity index (χ3v) is 4.66. The number of carbonyl (C=O) groups excluding carboxylic acids is 1. The number of hydrogen-bond donors (Lipinski definition) is 1. The Labute approximate surface area is 110 Å². The van der Waals surface area contributed by atoms with E-state index in [2.05, 4.69) is 14.9 Å². The second-order valence-electron chi connectivity index (χ2n) is 4.07. The minimum atomic E-state index is -3.59. The van der Waals surface area contributed by atoms with E-state index < -0.39 is 22.1 Å². The zero-order valence-electron chi connectivity index (χ0n) is 10.4. The number of nitrogens with zero attached hydrogens (tertiary/aromatic N) is 2. The quantitative estimate of drug-likeness (QED) is 0.740. The van der Waals surface area contributed by atoms with E-state index in [-0.39, 0.29) is 31.0 Å². The van der Waals surface area contributed by atoms with E-state index >= 15 is 0 Å². The minimum Gasteiger partial charge on any atom is -0.469 e. The third kappa shape index (κ3) is 3.11. The summed E-state index contributed by atoms with van der Waals surface area (Å²) >= 11 is 0. The van der Waals surface area contributed by atoms with E-state index in [1.54, 1.807) is 0 Å². The fraction of sp³-hybridized carbons (Fsp3) is 0.600. The monoisotopic (exact) mass is 289 g/mol. The van der Waals surface area contributed by atoms with Gasteiger partial charge in [-0.2, -0.15) is 9.40 Å². The van der Waals surface area contributed by atoms with Gasteiger partial charge in [0.2, 0.25) is 10.0 Å². The van der Waals surface area contributed by atoms with Crippen LogP contribution in [0.15, 0.2) is 17.3 Å². The van der Waals surface area contributed by atoms with Crippen molar-refractivity contribution in [3.05, 3.63) is 12.4 Å². The lowest BCUT2D eigenvalue weighted by molar-refractivity contribution is -0.145. The van der Waals surface area contributed by atoms with Crippen LogP contribution >= 0.6 is 0 Å². The number of aromatic amines is 1. The van der Waals surface area contributed by atoms with Crippen LogP contribution < -0.4 is 0 Å². The van der Waals surface area contributed by atoms with Crippen LogP contribution in [0.2, 0.25) is 0 Å². The zero-order valence-corrected chi connectivity index (χ0v) is 11.2. The molecule has 2 rings (SSSR count). The van der Waals surface area contributed by atoms with Gasteiger partial charge in [-0.15, -0.1) is 0 Å². The summed E-state index contributed by atoms with van der Waals surface area (Å²) in [6.45, 7) is 0.631. The Morgan fingerprint density at radius 3 is 3.11 bits per heavy atom. The number of esters is 1. The molecule has 1 atom stereocenters. The molecule has 0 aromatic carbocycles. The molecule has 0 spiro atoms. The summed E-state index contributed by atoms with van der Waals surface area (Å²) in [6.07, 6.45) is 2.12. The molecule has 0 bridgehead atoms. The van der Waals surface area contributed by atoms with Gasteiger partial charge in [0, 0.05) is 19.3 Å². The van der Waals surface area contributed by atoms with Gasteiger partial charge in [0.1, 0.15) is 4.90 Å². The molecule has 1 aromatic rings. The lowest BCUT2D eigenvalue weighted by Gasteiger charge is -2.31. The molecule has 0 amide bonds. The first-order chi connectivity index (χ1) is 9.04. The van der Waals surface area contributed by atoms with Crippen molar-refractivity contribution in [2.45, 2.75) is 17.4 Å². The summed E-state index contributed by atoms with van der Waals surface area (Å²) in [4.78, 5) is 11.3. The first-order valence-electron chi connectivity index (χ1n) is 5.71. The molecule has 1 fully saturated rings. The highest BCUT2D eigenvalue weighted by Crippen LogP contribution is 2.18. The first-order valence-corrected chi connectivity index (χ1v) is 7.15. The highest BCUT2D eigenvalue weighted by Gasteiger charge is 2.32. The number of rotatable bonds is 4. The highest BCUT2D eigenvalue weighted by atomic mass is 32.2. The van der Waals surface area contributed by atoms with Gasteiger partial charge >= 0.3 is 5.97 Å². The molecule has 1 aliphatic heterocycles. The molecule has 2 heterocycles. The molecule has 8 nitrogen and oxygen atoms in total. The van der Waals surface area contributed by atoms with E-state index in [4.69, 9.17) is 4.74 Å². The Morgan fingerprint density at radius 1 is 1.68 bits per heavy atom. The number of H-pyrrole nitrogens is 1. The fourth-order valence-electron chi connectivity index (χ4n) is 1.83. The van der Waals surface area contributed by atoms with Gasteiger partial charge in [-0.05, 0) is 0 Å². The number of hydrogen-bond acceptors (Lipinski definition) is 6. The Balaban J connectivity index is 2.07. The van der Waals surface area contributed by atoms with Crippen molar-refractivity contribution in [3.63, 3.8) is 0 Å². The van der Waals surface area contributed by atoms with Gasteiger partial charge in [0.25, 0.3) is 0 Å². The first kappa shape index (κ1) is 14.0. The van der Waals surface area contributed by atoms with Gasteiger partial charge in [0.15, 0.2) is 0 Å². The SMILES string of the molecule is COC(=O)CC1CN(S(=O)(=O)c2cn[nH]c2)CCO1. The molecule has 1 unspecified atom stereocenters. The Kier molecular flexibility index (Phi) is 4.17. The average molecular weight is 289 g/mol. The number of nitrogens with one attached hydrogen (secondary N) is 1. The molecule has 9 heteroatoms. The number of morpholine rings is 1. The standard InChI is InChI=1S/C10H15N3O5S/c1-17-10(14)4-8-7-13(2-3-18-8)19(15,16)9-5-11-12-6-9/h5-6,8H,2-4,7H2,1H3,(H,11,12). The maximum absolute atomic E-state index is 12.2. The van der Waals surface area contributed by atoms with Crippen LogP contribution in [0.25, 0.3) is 0 Å². The van der Waals surface area contributed by atoms with Crippen LogP contribution in [0.1, 0.15) is 6.42 Å². The van der Waals surface area contributed by atoms with Crippen molar-refractivity contribution >= 4 is 16.0 Å². The second kappa shape index (κ2) is 5.68. The van der Waals surface area contributed by atoms with Crippen molar-refractivity contribution in [1.29, 1.82) is 0 Å². The summed E-state index contributed by atoms with van der Waals surface area (Å²) in [5.74, 6) is -0.424. The normalized spacial score (nSPS) is 21.2. The number of aromatic nitrogens is 2. The second-order valence-corrected chi connectivity index (χ2v) is 6.01. The number of sulfonamides is 1.